The van der Waals surface area contributed by atoms with Gasteiger partial charge in [0.15, 0.2) is 0 Å². The maximum Gasteiger partial charge on any atom is 0.329 e. The number of aryl methyl sites for hydroxylation is 1. The highest BCUT2D eigenvalue weighted by molar-refractivity contribution is 7.98. The van der Waals surface area contributed by atoms with Gasteiger partial charge in [0.25, 0.3) is 5.56 Å². The molecule has 112 valence electrons. The van der Waals surface area contributed by atoms with E-state index in [1.54, 1.807) is 11.8 Å². The molecule has 2 aromatic rings. The van der Waals surface area contributed by atoms with Crippen LogP contribution in [0.15, 0.2) is 33.9 Å². The third kappa shape index (κ3) is 3.60. The smallest absolute Gasteiger partial charge is 0.297 e. The lowest BCUT2D eigenvalue weighted by molar-refractivity contribution is 0.620. The van der Waals surface area contributed by atoms with E-state index in [1.165, 1.54) is 4.57 Å². The van der Waals surface area contributed by atoms with Gasteiger partial charge in [-0.25, -0.2) is 4.79 Å². The maximum atomic E-state index is 12.5. The monoisotopic (exact) mass is 324 g/mol. The molecular formula is C15H17ClN2O2S. The Bertz CT molecular complexity index is 735. The predicted octanol–water partition coefficient (Wildman–Crippen LogP) is 2.92. The summed E-state index contributed by atoms with van der Waals surface area (Å²) in [4.78, 5) is 27.0. The van der Waals surface area contributed by atoms with Crippen molar-refractivity contribution in [2.45, 2.75) is 19.9 Å². The predicted molar refractivity (Wildman–Crippen MR) is 89.5 cm³/mol. The molecule has 1 heterocycles. The van der Waals surface area contributed by atoms with E-state index in [9.17, 15) is 9.59 Å². The summed E-state index contributed by atoms with van der Waals surface area (Å²) in [5.74, 6) is 0.897. The van der Waals surface area contributed by atoms with Crippen LogP contribution in [-0.2, 0) is 6.54 Å². The molecule has 0 radical (unpaired) electrons. The molecule has 0 fully saturated rings. The number of nitrogens with zero attached hydrogens (tertiary/aromatic N) is 1. The van der Waals surface area contributed by atoms with Gasteiger partial charge in [-0.1, -0.05) is 41.4 Å². The van der Waals surface area contributed by atoms with Crippen molar-refractivity contribution < 1.29 is 0 Å². The lowest BCUT2D eigenvalue weighted by Gasteiger charge is -2.09. The fourth-order valence-electron chi connectivity index (χ4n) is 2.09. The largest absolute Gasteiger partial charge is 0.329 e. The molecule has 0 saturated heterocycles. The highest BCUT2D eigenvalue weighted by atomic mass is 35.5. The number of thioether (sulfide) groups is 1. The van der Waals surface area contributed by atoms with Crippen molar-refractivity contribution in [2.75, 3.05) is 12.0 Å². The number of hydrogen-bond acceptors (Lipinski definition) is 3. The van der Waals surface area contributed by atoms with Gasteiger partial charge < -0.3 is 0 Å². The van der Waals surface area contributed by atoms with Gasteiger partial charge in [-0.15, -0.1) is 0 Å². The second-order valence-electron chi connectivity index (χ2n) is 4.79. The number of aromatic nitrogens is 2. The average Bonchev–Trinajstić information content (AvgIpc) is 2.44. The van der Waals surface area contributed by atoms with Crippen LogP contribution in [0.5, 0.6) is 0 Å². The van der Waals surface area contributed by atoms with E-state index in [1.807, 2.05) is 37.4 Å². The molecule has 21 heavy (non-hydrogen) atoms. The van der Waals surface area contributed by atoms with Crippen LogP contribution in [0.4, 0.5) is 0 Å². The molecule has 1 aromatic carbocycles. The van der Waals surface area contributed by atoms with E-state index in [0.717, 1.165) is 17.7 Å². The molecule has 0 aliphatic rings. The van der Waals surface area contributed by atoms with Crippen LogP contribution in [0.1, 0.15) is 12.0 Å². The SMILES string of the molecule is CSCCCn1c(=O)[nH]c(Cl)c(-c2ccc(C)cc2)c1=O. The minimum absolute atomic E-state index is 0.0926. The lowest BCUT2D eigenvalue weighted by atomic mass is 10.1. The van der Waals surface area contributed by atoms with E-state index in [2.05, 4.69) is 4.98 Å². The van der Waals surface area contributed by atoms with E-state index in [-0.39, 0.29) is 10.7 Å². The fourth-order valence-corrected chi connectivity index (χ4v) is 2.77. The Balaban J connectivity index is 2.51. The zero-order chi connectivity index (χ0) is 15.4. The first kappa shape index (κ1) is 15.9. The summed E-state index contributed by atoms with van der Waals surface area (Å²) in [5.41, 5.74) is 1.36. The minimum Gasteiger partial charge on any atom is -0.297 e. The van der Waals surface area contributed by atoms with Crippen molar-refractivity contribution in [1.82, 2.24) is 9.55 Å². The van der Waals surface area contributed by atoms with E-state index >= 15 is 0 Å². The van der Waals surface area contributed by atoms with Gasteiger partial charge in [0.1, 0.15) is 5.15 Å². The molecule has 0 aliphatic carbocycles. The number of halogens is 1. The second kappa shape index (κ2) is 7.00. The van der Waals surface area contributed by atoms with Crippen molar-refractivity contribution in [3.8, 4) is 11.1 Å². The van der Waals surface area contributed by atoms with Gasteiger partial charge in [0, 0.05) is 6.54 Å². The summed E-state index contributed by atoms with van der Waals surface area (Å²) in [6.45, 7) is 2.37. The molecule has 6 heteroatoms. The molecule has 1 N–H and O–H groups in total. The van der Waals surface area contributed by atoms with Crippen LogP contribution < -0.4 is 11.2 Å². The van der Waals surface area contributed by atoms with Crippen LogP contribution in [0.25, 0.3) is 11.1 Å². The van der Waals surface area contributed by atoms with Crippen LogP contribution in [0.3, 0.4) is 0 Å². The van der Waals surface area contributed by atoms with E-state index in [4.69, 9.17) is 11.6 Å². The van der Waals surface area contributed by atoms with E-state index < -0.39 is 5.69 Å². The third-order valence-corrected chi connectivity index (χ3v) is 4.19. The number of benzene rings is 1. The fraction of sp³-hybridized carbons (Fsp3) is 0.333. The molecule has 0 spiro atoms. The summed E-state index contributed by atoms with van der Waals surface area (Å²) in [6, 6.07) is 7.49. The van der Waals surface area contributed by atoms with Gasteiger partial charge in [0.2, 0.25) is 0 Å². The quantitative estimate of drug-likeness (QED) is 0.679. The molecule has 0 amide bonds. The number of rotatable bonds is 5. The number of aromatic amines is 1. The van der Waals surface area contributed by atoms with E-state index in [0.29, 0.717) is 17.7 Å². The Morgan fingerprint density at radius 2 is 1.90 bits per heavy atom. The first-order chi connectivity index (χ1) is 10.0. The topological polar surface area (TPSA) is 54.9 Å². The summed E-state index contributed by atoms with van der Waals surface area (Å²) in [7, 11) is 0. The summed E-state index contributed by atoms with van der Waals surface area (Å²) in [5, 5.41) is 0.0926. The first-order valence-electron chi connectivity index (χ1n) is 6.63. The maximum absolute atomic E-state index is 12.5. The van der Waals surface area contributed by atoms with Crippen LogP contribution in [0, 0.1) is 6.92 Å². The summed E-state index contributed by atoms with van der Waals surface area (Å²) < 4.78 is 1.22. The standard InChI is InChI=1S/C15H17ClN2O2S/c1-10-4-6-11(7-5-10)12-13(16)17-15(20)18(14(12)19)8-3-9-21-2/h4-7H,3,8-9H2,1-2H3,(H,17,20). The second-order valence-corrected chi connectivity index (χ2v) is 6.15. The van der Waals surface area contributed by atoms with Gasteiger partial charge >= 0.3 is 5.69 Å². The first-order valence-corrected chi connectivity index (χ1v) is 8.40. The van der Waals surface area contributed by atoms with Crippen molar-refractivity contribution in [1.29, 1.82) is 0 Å². The van der Waals surface area contributed by atoms with Crippen molar-refractivity contribution >= 4 is 23.4 Å². The molecule has 1 aromatic heterocycles. The summed E-state index contributed by atoms with van der Waals surface area (Å²) in [6.07, 6.45) is 2.76. The highest BCUT2D eigenvalue weighted by Gasteiger charge is 2.14. The number of hydrogen-bond donors (Lipinski definition) is 1. The zero-order valence-electron chi connectivity index (χ0n) is 12.0. The normalized spacial score (nSPS) is 10.8. The molecule has 0 unspecified atom stereocenters. The van der Waals surface area contributed by atoms with Crippen molar-refractivity contribution in [2.24, 2.45) is 0 Å². The van der Waals surface area contributed by atoms with Gasteiger partial charge in [-0.3, -0.25) is 14.3 Å². The Labute approximate surface area is 132 Å². The zero-order valence-corrected chi connectivity index (χ0v) is 13.6. The molecule has 4 nitrogen and oxygen atoms in total. The van der Waals surface area contributed by atoms with Gasteiger partial charge in [-0.2, -0.15) is 11.8 Å². The van der Waals surface area contributed by atoms with Gasteiger partial charge in [0.05, 0.1) is 5.56 Å². The lowest BCUT2D eigenvalue weighted by Crippen LogP contribution is -2.36. The molecule has 0 saturated carbocycles. The van der Waals surface area contributed by atoms with Crippen LogP contribution in [-0.4, -0.2) is 21.6 Å². The Morgan fingerprint density at radius 1 is 1.24 bits per heavy atom. The number of H-pyrrole nitrogens is 1. The van der Waals surface area contributed by atoms with Crippen LogP contribution >= 0.6 is 23.4 Å². The average molecular weight is 325 g/mol. The molecular weight excluding hydrogens is 308 g/mol. The van der Waals surface area contributed by atoms with Crippen LogP contribution in [0.2, 0.25) is 5.15 Å². The molecule has 0 aliphatic heterocycles. The van der Waals surface area contributed by atoms with Crippen molar-refractivity contribution in [3.05, 3.63) is 55.8 Å². The Kier molecular flexibility index (Phi) is 5.31. The molecule has 2 rings (SSSR count). The minimum atomic E-state index is -0.457. The number of nitrogens with one attached hydrogen (secondary N) is 1. The highest BCUT2D eigenvalue weighted by Crippen LogP contribution is 2.21. The molecule has 0 atom stereocenters. The Hall–Kier alpha value is -1.46. The molecule has 0 bridgehead atoms. The summed E-state index contributed by atoms with van der Waals surface area (Å²) >= 11 is 7.75. The Morgan fingerprint density at radius 3 is 2.52 bits per heavy atom. The third-order valence-electron chi connectivity index (χ3n) is 3.21. The van der Waals surface area contributed by atoms with Gasteiger partial charge in [-0.05, 0) is 30.9 Å². The van der Waals surface area contributed by atoms with Crippen molar-refractivity contribution in [3.63, 3.8) is 0 Å².